The summed E-state index contributed by atoms with van der Waals surface area (Å²) in [6.07, 6.45) is 0. The standard InChI is InChI=1S/C15H10N2O7S/c1-23-15(18)9-2-5-11(6-3-9)24-14-12-7-4-10(17(19)20)8-13(12)25(21,22)16-14/h2-8H,1H3. The van der Waals surface area contributed by atoms with Crippen molar-refractivity contribution in [2.45, 2.75) is 4.90 Å². The Morgan fingerprint density at radius 3 is 2.44 bits per heavy atom. The summed E-state index contributed by atoms with van der Waals surface area (Å²) in [5.74, 6) is -0.478. The monoisotopic (exact) mass is 362 g/mol. The molecular weight excluding hydrogens is 352 g/mol. The molecule has 0 atom stereocenters. The quantitative estimate of drug-likeness (QED) is 0.464. The van der Waals surface area contributed by atoms with Gasteiger partial charge in [0, 0.05) is 12.1 Å². The molecule has 0 N–H and O–H groups in total. The van der Waals surface area contributed by atoms with Crippen molar-refractivity contribution in [1.82, 2.24) is 0 Å². The second-order valence-corrected chi connectivity index (χ2v) is 6.50. The zero-order chi connectivity index (χ0) is 18.2. The molecule has 0 spiro atoms. The number of sulfonamides is 1. The largest absolute Gasteiger partial charge is 0.465 e. The molecule has 3 rings (SSSR count). The van der Waals surface area contributed by atoms with Gasteiger partial charge in [-0.25, -0.2) is 4.79 Å². The number of carbonyl (C=O) groups excluding carboxylic acids is 1. The molecule has 0 amide bonds. The Labute approximate surface area is 141 Å². The molecule has 10 heteroatoms. The number of nitro groups is 1. The van der Waals surface area contributed by atoms with Gasteiger partial charge in [0.05, 0.1) is 23.2 Å². The van der Waals surface area contributed by atoms with Crippen molar-refractivity contribution in [3.8, 4) is 5.75 Å². The zero-order valence-electron chi connectivity index (χ0n) is 12.7. The van der Waals surface area contributed by atoms with Gasteiger partial charge < -0.3 is 9.47 Å². The lowest BCUT2D eigenvalue weighted by Gasteiger charge is -2.06. The molecule has 1 heterocycles. The van der Waals surface area contributed by atoms with Gasteiger partial charge in [-0.05, 0) is 30.3 Å². The number of non-ortho nitro benzene ring substituents is 1. The van der Waals surface area contributed by atoms with Crippen molar-refractivity contribution < 1.29 is 27.6 Å². The Morgan fingerprint density at radius 1 is 1.16 bits per heavy atom. The Kier molecular flexibility index (Phi) is 3.97. The Bertz CT molecular complexity index is 1010. The van der Waals surface area contributed by atoms with Crippen LogP contribution in [0, 0.1) is 10.1 Å². The second kappa shape index (κ2) is 5.98. The molecular formula is C15H10N2O7S. The Balaban J connectivity index is 1.93. The Morgan fingerprint density at radius 2 is 1.84 bits per heavy atom. The van der Waals surface area contributed by atoms with E-state index >= 15 is 0 Å². The van der Waals surface area contributed by atoms with Crippen molar-refractivity contribution in [2.24, 2.45) is 4.40 Å². The summed E-state index contributed by atoms with van der Waals surface area (Å²) >= 11 is 0. The predicted molar refractivity (Wildman–Crippen MR) is 85.2 cm³/mol. The first-order chi connectivity index (χ1) is 11.8. The van der Waals surface area contributed by atoms with Gasteiger partial charge in [0.15, 0.2) is 0 Å². The number of ether oxygens (including phenoxy) is 2. The first-order valence-corrected chi connectivity index (χ1v) is 8.26. The van der Waals surface area contributed by atoms with Crippen molar-refractivity contribution >= 4 is 27.6 Å². The van der Waals surface area contributed by atoms with Crippen LogP contribution >= 0.6 is 0 Å². The van der Waals surface area contributed by atoms with Gasteiger partial charge in [-0.2, -0.15) is 8.42 Å². The summed E-state index contributed by atoms with van der Waals surface area (Å²) in [4.78, 5) is 21.2. The topological polar surface area (TPSA) is 125 Å². The van der Waals surface area contributed by atoms with E-state index in [1.165, 1.54) is 43.5 Å². The molecule has 0 bridgehead atoms. The highest BCUT2D eigenvalue weighted by Crippen LogP contribution is 2.31. The van der Waals surface area contributed by atoms with Crippen LogP contribution in [0.25, 0.3) is 0 Å². The van der Waals surface area contributed by atoms with E-state index in [0.717, 1.165) is 6.07 Å². The smallest absolute Gasteiger partial charge is 0.337 e. The molecule has 0 saturated heterocycles. The molecule has 1 aliphatic heterocycles. The van der Waals surface area contributed by atoms with Crippen molar-refractivity contribution in [2.75, 3.05) is 7.11 Å². The summed E-state index contributed by atoms with van der Waals surface area (Å²) in [7, 11) is -2.82. The van der Waals surface area contributed by atoms with E-state index in [2.05, 4.69) is 9.13 Å². The molecule has 0 aliphatic carbocycles. The SMILES string of the molecule is COC(=O)c1ccc(OC2=NS(=O)(=O)c3cc([N+](=O)[O-])ccc32)cc1. The first-order valence-electron chi connectivity index (χ1n) is 6.82. The molecule has 0 fully saturated rings. The number of nitro benzene ring substituents is 1. The van der Waals surface area contributed by atoms with Crippen LogP contribution in [-0.4, -0.2) is 32.3 Å². The highest BCUT2D eigenvalue weighted by molar-refractivity contribution is 7.90. The van der Waals surface area contributed by atoms with E-state index < -0.39 is 20.9 Å². The summed E-state index contributed by atoms with van der Waals surface area (Å²) in [6, 6.07) is 9.16. The van der Waals surface area contributed by atoms with E-state index in [1.807, 2.05) is 0 Å². The second-order valence-electron chi connectivity index (χ2n) is 4.93. The molecule has 128 valence electrons. The molecule has 9 nitrogen and oxygen atoms in total. The van der Waals surface area contributed by atoms with Gasteiger partial charge in [0.1, 0.15) is 10.6 Å². The predicted octanol–water partition coefficient (Wildman–Crippen LogP) is 1.91. The van der Waals surface area contributed by atoms with Gasteiger partial charge in [-0.1, -0.05) is 0 Å². The molecule has 25 heavy (non-hydrogen) atoms. The third-order valence-corrected chi connectivity index (χ3v) is 4.68. The van der Waals surface area contributed by atoms with E-state index in [1.54, 1.807) is 0 Å². The molecule has 2 aromatic carbocycles. The van der Waals surface area contributed by atoms with Crippen LogP contribution in [0.15, 0.2) is 51.8 Å². The maximum Gasteiger partial charge on any atom is 0.337 e. The summed E-state index contributed by atoms with van der Waals surface area (Å²) in [5, 5.41) is 10.8. The fraction of sp³-hybridized carbons (Fsp3) is 0.0667. The lowest BCUT2D eigenvalue weighted by molar-refractivity contribution is -0.385. The molecule has 2 aromatic rings. The lowest BCUT2D eigenvalue weighted by atomic mass is 10.2. The van der Waals surface area contributed by atoms with Crippen molar-refractivity contribution in [1.29, 1.82) is 0 Å². The van der Waals surface area contributed by atoms with Crippen molar-refractivity contribution in [3.05, 3.63) is 63.7 Å². The van der Waals surface area contributed by atoms with Crippen LogP contribution in [0.4, 0.5) is 5.69 Å². The number of rotatable bonds is 3. The van der Waals surface area contributed by atoms with Crippen LogP contribution in [-0.2, 0) is 14.8 Å². The minimum atomic E-state index is -4.07. The van der Waals surface area contributed by atoms with Crippen LogP contribution in [0.5, 0.6) is 5.75 Å². The molecule has 0 aromatic heterocycles. The maximum absolute atomic E-state index is 12.1. The normalized spacial score (nSPS) is 14.4. The summed E-state index contributed by atoms with van der Waals surface area (Å²) in [5.41, 5.74) is 0.0655. The number of esters is 1. The van der Waals surface area contributed by atoms with Crippen LogP contribution in [0.3, 0.4) is 0 Å². The minimum absolute atomic E-state index is 0.127. The van der Waals surface area contributed by atoms with Crippen LogP contribution < -0.4 is 4.74 Å². The highest BCUT2D eigenvalue weighted by Gasteiger charge is 2.32. The number of hydrogen-bond acceptors (Lipinski definition) is 7. The Hall–Kier alpha value is -3.27. The zero-order valence-corrected chi connectivity index (χ0v) is 13.5. The highest BCUT2D eigenvalue weighted by atomic mass is 32.2. The third-order valence-electron chi connectivity index (χ3n) is 3.38. The van der Waals surface area contributed by atoms with Gasteiger partial charge in [-0.15, -0.1) is 4.40 Å². The number of methoxy groups -OCH3 is 1. The minimum Gasteiger partial charge on any atom is -0.465 e. The average molecular weight is 362 g/mol. The molecule has 1 aliphatic rings. The number of hydrogen-bond donors (Lipinski definition) is 0. The van der Waals surface area contributed by atoms with E-state index in [4.69, 9.17) is 4.74 Å². The van der Waals surface area contributed by atoms with Gasteiger partial charge in [-0.3, -0.25) is 10.1 Å². The molecule has 0 unspecified atom stereocenters. The van der Waals surface area contributed by atoms with Gasteiger partial charge in [0.25, 0.3) is 15.7 Å². The average Bonchev–Trinajstić information content (AvgIpc) is 2.85. The van der Waals surface area contributed by atoms with Crippen molar-refractivity contribution in [3.63, 3.8) is 0 Å². The van der Waals surface area contributed by atoms with Gasteiger partial charge >= 0.3 is 5.97 Å². The summed E-state index contributed by atoms with van der Waals surface area (Å²) < 4.78 is 37.7. The fourth-order valence-corrected chi connectivity index (χ4v) is 3.34. The van der Waals surface area contributed by atoms with Crippen LogP contribution in [0.1, 0.15) is 15.9 Å². The molecule has 0 radical (unpaired) electrons. The summed E-state index contributed by atoms with van der Waals surface area (Å²) in [6.45, 7) is 0. The van der Waals surface area contributed by atoms with Gasteiger partial charge in [0.2, 0.25) is 5.90 Å². The first kappa shape index (κ1) is 16.6. The number of nitrogens with zero attached hydrogens (tertiary/aromatic N) is 2. The number of fused-ring (bicyclic) bond motifs is 1. The van der Waals surface area contributed by atoms with E-state index in [-0.39, 0.29) is 27.8 Å². The van der Waals surface area contributed by atoms with E-state index in [0.29, 0.717) is 5.56 Å². The number of carbonyl (C=O) groups is 1. The number of benzene rings is 2. The third kappa shape index (κ3) is 3.06. The van der Waals surface area contributed by atoms with E-state index in [9.17, 15) is 23.3 Å². The fourth-order valence-electron chi connectivity index (χ4n) is 2.18. The lowest BCUT2D eigenvalue weighted by Crippen LogP contribution is -2.08. The molecule has 0 saturated carbocycles. The maximum atomic E-state index is 12.1. The van der Waals surface area contributed by atoms with Crippen LogP contribution in [0.2, 0.25) is 0 Å².